The molecule has 2 rings (SSSR count). The van der Waals surface area contributed by atoms with E-state index >= 15 is 0 Å². The number of nitrogens with two attached hydrogens (primary N) is 1. The van der Waals surface area contributed by atoms with Crippen molar-refractivity contribution >= 4 is 34.4 Å². The minimum Gasteiger partial charge on any atom is -0.356 e. The first-order valence-electron chi connectivity index (χ1n) is 5.87. The molecule has 0 bridgehead atoms. The van der Waals surface area contributed by atoms with Gasteiger partial charge in [-0.25, -0.2) is 5.84 Å². The number of para-hydroxylation sites is 1. The van der Waals surface area contributed by atoms with Crippen LogP contribution in [0, 0.1) is 0 Å². The summed E-state index contributed by atoms with van der Waals surface area (Å²) in [5, 5.41) is 8.19. The van der Waals surface area contributed by atoms with Crippen molar-refractivity contribution in [3.05, 3.63) is 54.6 Å². The van der Waals surface area contributed by atoms with Crippen molar-refractivity contribution in [1.29, 1.82) is 0 Å². The van der Waals surface area contributed by atoms with Crippen molar-refractivity contribution < 1.29 is 0 Å². The van der Waals surface area contributed by atoms with E-state index in [1.54, 1.807) is 7.05 Å². The number of benzene rings is 2. The van der Waals surface area contributed by atoms with E-state index in [-0.39, 0.29) is 0 Å². The second-order valence-corrected chi connectivity index (χ2v) is 4.50. The fraction of sp³-hybridized carbons (Fsp3) is 0.0714. The third-order valence-electron chi connectivity index (χ3n) is 2.52. The van der Waals surface area contributed by atoms with Gasteiger partial charge >= 0.3 is 0 Å². The number of rotatable bonds is 3. The normalized spacial score (nSPS) is 9.79. The molecule has 98 valence electrons. The Labute approximate surface area is 118 Å². The van der Waals surface area contributed by atoms with E-state index in [0.29, 0.717) is 5.11 Å². The summed E-state index contributed by atoms with van der Waals surface area (Å²) in [7, 11) is 1.70. The molecule has 2 aromatic rings. The molecule has 0 heterocycles. The van der Waals surface area contributed by atoms with E-state index in [1.807, 2.05) is 54.6 Å². The lowest BCUT2D eigenvalue weighted by Crippen LogP contribution is -2.36. The Bertz CT molecular complexity index is 537. The van der Waals surface area contributed by atoms with Gasteiger partial charge < -0.3 is 10.6 Å². The fourth-order valence-electron chi connectivity index (χ4n) is 1.54. The van der Waals surface area contributed by atoms with E-state index in [2.05, 4.69) is 10.6 Å². The van der Waals surface area contributed by atoms with Crippen molar-refractivity contribution in [1.82, 2.24) is 5.01 Å². The average Bonchev–Trinajstić information content (AvgIpc) is 2.42. The second kappa shape index (κ2) is 6.17. The van der Waals surface area contributed by atoms with E-state index in [9.17, 15) is 0 Å². The molecule has 0 aliphatic heterocycles. The number of anilines is 3. The van der Waals surface area contributed by atoms with Crippen molar-refractivity contribution in [3.8, 4) is 0 Å². The fourth-order valence-corrected chi connectivity index (χ4v) is 1.65. The standard InChI is InChI=1S/C14H16N4S/c1-18(15)14(19)17-13-9-7-12(8-10-13)16-11-5-3-2-4-6-11/h2-10,16H,15H2,1H3,(H,17,19). The Morgan fingerprint density at radius 3 is 2.05 bits per heavy atom. The van der Waals surface area contributed by atoms with Gasteiger partial charge in [0.1, 0.15) is 0 Å². The van der Waals surface area contributed by atoms with Gasteiger partial charge in [0.05, 0.1) is 0 Å². The van der Waals surface area contributed by atoms with Crippen LogP contribution < -0.4 is 16.5 Å². The van der Waals surface area contributed by atoms with Crippen LogP contribution in [0.1, 0.15) is 0 Å². The Morgan fingerprint density at radius 1 is 0.947 bits per heavy atom. The molecular weight excluding hydrogens is 256 g/mol. The van der Waals surface area contributed by atoms with Crippen LogP contribution in [0.15, 0.2) is 54.6 Å². The molecule has 0 aliphatic carbocycles. The molecule has 0 amide bonds. The molecule has 19 heavy (non-hydrogen) atoms. The quantitative estimate of drug-likeness (QED) is 0.456. The number of nitrogens with zero attached hydrogens (tertiary/aromatic N) is 1. The Morgan fingerprint density at radius 2 is 1.47 bits per heavy atom. The predicted molar refractivity (Wildman–Crippen MR) is 84.3 cm³/mol. The molecule has 0 aliphatic rings. The van der Waals surface area contributed by atoms with Gasteiger partial charge in [-0.05, 0) is 48.6 Å². The molecule has 4 nitrogen and oxygen atoms in total. The lowest BCUT2D eigenvalue weighted by molar-refractivity contribution is 0.548. The lowest BCUT2D eigenvalue weighted by atomic mass is 10.2. The zero-order valence-electron chi connectivity index (χ0n) is 10.6. The summed E-state index contributed by atoms with van der Waals surface area (Å²) in [5.41, 5.74) is 2.98. The largest absolute Gasteiger partial charge is 0.356 e. The highest BCUT2D eigenvalue weighted by Crippen LogP contribution is 2.18. The van der Waals surface area contributed by atoms with Crippen LogP contribution in [0.25, 0.3) is 0 Å². The minimum atomic E-state index is 0.476. The summed E-state index contributed by atoms with van der Waals surface area (Å²) >= 11 is 5.07. The van der Waals surface area contributed by atoms with Gasteiger partial charge in [-0.15, -0.1) is 0 Å². The monoisotopic (exact) mass is 272 g/mol. The van der Waals surface area contributed by atoms with Gasteiger partial charge in [-0.3, -0.25) is 5.01 Å². The first-order chi connectivity index (χ1) is 9.15. The van der Waals surface area contributed by atoms with Gasteiger partial charge in [-0.1, -0.05) is 18.2 Å². The summed E-state index contributed by atoms with van der Waals surface area (Å²) in [6.07, 6.45) is 0. The smallest absolute Gasteiger partial charge is 0.187 e. The predicted octanol–water partition coefficient (Wildman–Crippen LogP) is 2.93. The molecule has 0 spiro atoms. The molecule has 0 saturated heterocycles. The first kappa shape index (κ1) is 13.3. The molecular formula is C14H16N4S. The van der Waals surface area contributed by atoms with Crippen LogP contribution in [-0.2, 0) is 0 Å². The SMILES string of the molecule is CN(N)C(=S)Nc1ccc(Nc2ccccc2)cc1. The number of nitrogens with one attached hydrogen (secondary N) is 2. The summed E-state index contributed by atoms with van der Waals surface area (Å²) in [6, 6.07) is 17.9. The molecule has 0 aromatic heterocycles. The maximum absolute atomic E-state index is 5.53. The van der Waals surface area contributed by atoms with Crippen molar-refractivity contribution in [2.75, 3.05) is 17.7 Å². The number of hydrogen-bond donors (Lipinski definition) is 3. The van der Waals surface area contributed by atoms with Gasteiger partial charge in [0.25, 0.3) is 0 Å². The third kappa shape index (κ3) is 3.94. The number of thiocarbonyl (C=S) groups is 1. The molecule has 0 fully saturated rings. The Hall–Kier alpha value is -2.11. The first-order valence-corrected chi connectivity index (χ1v) is 6.27. The minimum absolute atomic E-state index is 0.476. The van der Waals surface area contributed by atoms with Crippen molar-refractivity contribution in [2.45, 2.75) is 0 Å². The van der Waals surface area contributed by atoms with E-state index in [0.717, 1.165) is 17.1 Å². The molecule has 5 heteroatoms. The summed E-state index contributed by atoms with van der Waals surface area (Å²) in [6.45, 7) is 0. The van der Waals surface area contributed by atoms with Crippen molar-refractivity contribution in [2.24, 2.45) is 5.84 Å². The van der Waals surface area contributed by atoms with Gasteiger partial charge in [0.2, 0.25) is 0 Å². The highest BCUT2D eigenvalue weighted by molar-refractivity contribution is 7.80. The van der Waals surface area contributed by atoms with Crippen LogP contribution in [0.3, 0.4) is 0 Å². The van der Waals surface area contributed by atoms with Gasteiger partial charge in [0, 0.05) is 24.1 Å². The van der Waals surface area contributed by atoms with E-state index in [1.165, 1.54) is 5.01 Å². The van der Waals surface area contributed by atoms with Gasteiger partial charge in [0.15, 0.2) is 5.11 Å². The molecule has 0 atom stereocenters. The summed E-state index contributed by atoms with van der Waals surface area (Å²) < 4.78 is 0. The van der Waals surface area contributed by atoms with Crippen LogP contribution in [0.4, 0.5) is 17.1 Å². The number of hydrazine groups is 1. The highest BCUT2D eigenvalue weighted by Gasteiger charge is 2.00. The average molecular weight is 272 g/mol. The second-order valence-electron chi connectivity index (χ2n) is 4.11. The molecule has 4 N–H and O–H groups in total. The van der Waals surface area contributed by atoms with Crippen LogP contribution in [-0.4, -0.2) is 17.2 Å². The van der Waals surface area contributed by atoms with Crippen molar-refractivity contribution in [3.63, 3.8) is 0 Å². The Balaban J connectivity index is 2.01. The van der Waals surface area contributed by atoms with Crippen LogP contribution in [0.2, 0.25) is 0 Å². The maximum atomic E-state index is 5.53. The molecule has 0 radical (unpaired) electrons. The third-order valence-corrected chi connectivity index (χ3v) is 2.91. The summed E-state index contributed by atoms with van der Waals surface area (Å²) in [4.78, 5) is 0. The Kier molecular flexibility index (Phi) is 4.33. The van der Waals surface area contributed by atoms with Crippen LogP contribution in [0.5, 0.6) is 0 Å². The lowest BCUT2D eigenvalue weighted by Gasteiger charge is -2.15. The van der Waals surface area contributed by atoms with Crippen LogP contribution >= 0.6 is 12.2 Å². The summed E-state index contributed by atoms with van der Waals surface area (Å²) in [5.74, 6) is 5.53. The zero-order valence-corrected chi connectivity index (χ0v) is 11.4. The maximum Gasteiger partial charge on any atom is 0.187 e. The van der Waals surface area contributed by atoms with E-state index in [4.69, 9.17) is 18.1 Å². The molecule has 0 unspecified atom stereocenters. The highest BCUT2D eigenvalue weighted by atomic mass is 32.1. The molecule has 2 aromatic carbocycles. The zero-order chi connectivity index (χ0) is 13.7. The van der Waals surface area contributed by atoms with E-state index < -0.39 is 0 Å². The topological polar surface area (TPSA) is 53.3 Å². The van der Waals surface area contributed by atoms with Gasteiger partial charge in [-0.2, -0.15) is 0 Å². The number of hydrogen-bond acceptors (Lipinski definition) is 3. The molecule has 0 saturated carbocycles.